The van der Waals surface area contributed by atoms with Gasteiger partial charge >= 0.3 is 6.18 Å². The highest BCUT2D eigenvalue weighted by atomic mass is 19.4. The topological polar surface area (TPSA) is 110 Å². The van der Waals surface area contributed by atoms with E-state index in [1.54, 1.807) is 18.2 Å². The van der Waals surface area contributed by atoms with Crippen LogP contribution in [-0.4, -0.2) is 15.7 Å². The highest BCUT2D eigenvalue weighted by Crippen LogP contribution is 2.48. The molecule has 0 N–H and O–H groups in total. The first-order valence-electron chi connectivity index (χ1n) is 13.7. The highest BCUT2D eigenvalue weighted by molar-refractivity contribution is 6.24. The Morgan fingerprint density at radius 1 is 0.622 bits per heavy atom. The van der Waals surface area contributed by atoms with Crippen LogP contribution in [0.3, 0.4) is 0 Å². The minimum Gasteiger partial charge on any atom is -0.243 e. The van der Waals surface area contributed by atoms with Gasteiger partial charge in [0.25, 0.3) is 0 Å². The first kappa shape index (κ1) is 27.5. The van der Waals surface area contributed by atoms with Crippen molar-refractivity contribution in [3.8, 4) is 63.1 Å². The van der Waals surface area contributed by atoms with Crippen LogP contribution in [-0.2, 0) is 6.18 Å². The molecule has 0 atom stereocenters. The van der Waals surface area contributed by atoms with Crippen LogP contribution in [0.4, 0.5) is 13.2 Å². The number of aromatic nitrogens is 2. The lowest BCUT2D eigenvalue weighted by molar-refractivity contribution is -0.137. The number of aliphatic imine (C=N–C) groups is 1. The van der Waals surface area contributed by atoms with Crippen molar-refractivity contribution in [3.05, 3.63) is 124 Å². The van der Waals surface area contributed by atoms with E-state index < -0.39 is 11.7 Å². The summed E-state index contributed by atoms with van der Waals surface area (Å²) in [5.41, 5.74) is 8.03. The molecule has 0 spiro atoms. The van der Waals surface area contributed by atoms with Gasteiger partial charge in [-0.05, 0) is 59.0 Å². The van der Waals surface area contributed by atoms with Crippen LogP contribution < -0.4 is 0 Å². The van der Waals surface area contributed by atoms with Crippen LogP contribution in [0.1, 0.15) is 33.6 Å². The first-order chi connectivity index (χ1) is 21.7. The zero-order valence-electron chi connectivity index (χ0n) is 23.4. The number of aryl methyl sites for hydroxylation is 1. The van der Waals surface area contributed by atoms with Gasteiger partial charge in [-0.25, -0.2) is 9.97 Å². The Morgan fingerprint density at radius 3 is 1.71 bits per heavy atom. The summed E-state index contributed by atoms with van der Waals surface area (Å²) in [5, 5.41) is 29.4. The zero-order valence-corrected chi connectivity index (χ0v) is 23.4. The van der Waals surface area contributed by atoms with Crippen LogP contribution >= 0.6 is 0 Å². The summed E-state index contributed by atoms with van der Waals surface area (Å²) in [6.07, 6.45) is -2.58. The van der Waals surface area contributed by atoms with E-state index in [2.05, 4.69) is 4.99 Å². The van der Waals surface area contributed by atoms with Crippen molar-refractivity contribution in [1.82, 2.24) is 9.97 Å². The van der Waals surface area contributed by atoms with Gasteiger partial charge in [0, 0.05) is 22.3 Å². The Balaban J connectivity index is 1.40. The summed E-state index contributed by atoms with van der Waals surface area (Å²) >= 11 is 0. The third-order valence-corrected chi connectivity index (χ3v) is 8.00. The smallest absolute Gasteiger partial charge is 0.243 e. The van der Waals surface area contributed by atoms with Crippen molar-refractivity contribution in [2.75, 3.05) is 0 Å². The van der Waals surface area contributed by atoms with E-state index in [4.69, 9.17) is 9.97 Å². The van der Waals surface area contributed by atoms with E-state index in [0.717, 1.165) is 28.8 Å². The normalized spacial score (nSPS) is 13.3. The van der Waals surface area contributed by atoms with Crippen LogP contribution in [0.15, 0.2) is 95.5 Å². The van der Waals surface area contributed by atoms with Gasteiger partial charge < -0.3 is 0 Å². The van der Waals surface area contributed by atoms with Crippen LogP contribution in [0.25, 0.3) is 50.3 Å². The summed E-state index contributed by atoms with van der Waals surface area (Å²) in [5.74, 6) is 0. The van der Waals surface area contributed by atoms with Gasteiger partial charge in [0.2, 0.25) is 6.19 Å². The Morgan fingerprint density at radius 2 is 1.13 bits per heavy atom. The molecule has 2 aliphatic rings. The quantitative estimate of drug-likeness (QED) is 0.149. The maximum absolute atomic E-state index is 13.1. The molecule has 0 radical (unpaired) electrons. The number of alkyl halides is 3. The number of nitriles is 3. The molecular formula is C36H17F3N6. The SMILES string of the molecule is Cc1ccc(-c2ccc3c(c2)C(=NC#N)c2nc4c(nc2-3)C(=C(C#N)C#N)c2cc(-c3ccc(C(F)(F)F)cc3)ccc2-4)cc1. The number of allylic oxidation sites excluding steroid dienone is 1. The van der Waals surface area contributed by atoms with Gasteiger partial charge in [0.1, 0.15) is 34.8 Å². The molecule has 212 valence electrons. The van der Waals surface area contributed by atoms with Crippen molar-refractivity contribution in [1.29, 1.82) is 15.8 Å². The second-order valence-corrected chi connectivity index (χ2v) is 10.6. The molecule has 9 heteroatoms. The van der Waals surface area contributed by atoms with Crippen molar-refractivity contribution >= 4 is 11.3 Å². The maximum Gasteiger partial charge on any atom is 0.416 e. The molecule has 0 amide bonds. The second-order valence-electron chi connectivity index (χ2n) is 10.6. The van der Waals surface area contributed by atoms with Crippen molar-refractivity contribution in [2.45, 2.75) is 13.1 Å². The Kier molecular flexibility index (Phi) is 6.18. The average molecular weight is 591 g/mol. The predicted molar refractivity (Wildman–Crippen MR) is 162 cm³/mol. The van der Waals surface area contributed by atoms with Gasteiger partial charge in [0.15, 0.2) is 0 Å². The lowest BCUT2D eigenvalue weighted by Gasteiger charge is -2.09. The van der Waals surface area contributed by atoms with Gasteiger partial charge in [-0.2, -0.15) is 33.9 Å². The number of benzene rings is 4. The number of rotatable bonds is 2. The molecule has 7 rings (SSSR count). The Bertz CT molecular complexity index is 2260. The van der Waals surface area contributed by atoms with Gasteiger partial charge in [-0.15, -0.1) is 0 Å². The van der Waals surface area contributed by atoms with E-state index in [-0.39, 0.29) is 11.1 Å². The van der Waals surface area contributed by atoms with Crippen molar-refractivity contribution < 1.29 is 13.2 Å². The van der Waals surface area contributed by atoms with Crippen molar-refractivity contribution in [2.24, 2.45) is 4.99 Å². The maximum atomic E-state index is 13.1. The molecule has 0 aliphatic heterocycles. The number of hydrogen-bond donors (Lipinski definition) is 0. The van der Waals surface area contributed by atoms with E-state index in [1.807, 2.05) is 67.7 Å². The molecule has 0 fully saturated rings. The van der Waals surface area contributed by atoms with E-state index >= 15 is 0 Å². The molecule has 4 aromatic carbocycles. The standard InChI is InChI=1S/C36H17F3N6/c1-19-2-4-20(5-3-19)23-9-13-27-29(15-23)31(43-18-42)35-33(27)44-34-30(24(16-40)17-41)28-14-22(8-12-26(28)32(34)45-35)21-6-10-25(11-7-21)36(37,38)39/h2-15H,1H3. The molecule has 2 aliphatic carbocycles. The molecule has 6 nitrogen and oxygen atoms in total. The second kappa shape index (κ2) is 10.1. The average Bonchev–Trinajstić information content (AvgIpc) is 3.52. The molecule has 0 saturated carbocycles. The molecule has 5 aromatic rings. The predicted octanol–water partition coefficient (Wildman–Crippen LogP) is 8.27. The fraction of sp³-hybridized carbons (Fsp3) is 0.0556. The summed E-state index contributed by atoms with van der Waals surface area (Å²) < 4.78 is 39.4. The molecule has 0 bridgehead atoms. The molecule has 45 heavy (non-hydrogen) atoms. The number of halogens is 3. The largest absolute Gasteiger partial charge is 0.416 e. The number of hydrogen-bond acceptors (Lipinski definition) is 6. The molecule has 1 heterocycles. The third-order valence-electron chi connectivity index (χ3n) is 8.00. The summed E-state index contributed by atoms with van der Waals surface area (Å²) in [4.78, 5) is 14.0. The fourth-order valence-electron chi connectivity index (χ4n) is 5.82. The summed E-state index contributed by atoms with van der Waals surface area (Å²) in [6.45, 7) is 2.01. The zero-order chi connectivity index (χ0) is 31.5. The van der Waals surface area contributed by atoms with Crippen LogP contribution in [0.2, 0.25) is 0 Å². The summed E-state index contributed by atoms with van der Waals surface area (Å²) in [7, 11) is 0. The Labute approximate surface area is 255 Å². The lowest BCUT2D eigenvalue weighted by atomic mass is 9.96. The van der Waals surface area contributed by atoms with E-state index in [9.17, 15) is 29.0 Å². The van der Waals surface area contributed by atoms with Crippen molar-refractivity contribution in [3.63, 3.8) is 0 Å². The molecule has 0 saturated heterocycles. The number of fused-ring (bicyclic) bond motifs is 6. The minimum atomic E-state index is -4.46. The first-order valence-corrected chi connectivity index (χ1v) is 13.7. The van der Waals surface area contributed by atoms with Crippen LogP contribution in [0.5, 0.6) is 0 Å². The third kappa shape index (κ3) is 4.36. The molecule has 0 unspecified atom stereocenters. The van der Waals surface area contributed by atoms with Gasteiger partial charge in [-0.1, -0.05) is 66.2 Å². The molecule has 1 aromatic heterocycles. The lowest BCUT2D eigenvalue weighted by Crippen LogP contribution is -2.04. The number of nitrogens with zero attached hydrogens (tertiary/aromatic N) is 6. The van der Waals surface area contributed by atoms with Gasteiger partial charge in [0.05, 0.1) is 17.0 Å². The fourth-order valence-corrected chi connectivity index (χ4v) is 5.82. The van der Waals surface area contributed by atoms with Crippen LogP contribution in [0, 0.1) is 41.0 Å². The monoisotopic (exact) mass is 590 g/mol. The van der Waals surface area contributed by atoms with E-state index in [0.29, 0.717) is 61.9 Å². The highest BCUT2D eigenvalue weighted by Gasteiger charge is 2.36. The summed E-state index contributed by atoms with van der Waals surface area (Å²) in [6, 6.07) is 27.8. The molecular weight excluding hydrogens is 573 g/mol. The van der Waals surface area contributed by atoms with Gasteiger partial charge in [-0.3, -0.25) is 0 Å². The minimum absolute atomic E-state index is 0.173. The van der Waals surface area contributed by atoms with E-state index in [1.165, 1.54) is 12.1 Å². The Hall–Kier alpha value is -6.37.